The smallest absolute Gasteiger partial charge is 0.177 e. The molecule has 0 unspecified atom stereocenters. The number of nitrogens with zero attached hydrogens (tertiary/aromatic N) is 2. The van der Waals surface area contributed by atoms with Crippen molar-refractivity contribution in [1.29, 1.82) is 5.41 Å². The molecule has 2 fully saturated rings. The molecule has 2 atom stereocenters. The number of sulfone groups is 1. The zero-order chi connectivity index (χ0) is 14.3. The molecule has 0 aliphatic carbocycles. The summed E-state index contributed by atoms with van der Waals surface area (Å²) < 4.78 is 23.3. The van der Waals surface area contributed by atoms with Gasteiger partial charge in [-0.05, 0) is 17.7 Å². The number of hydrogen-bond acceptors (Lipinski definition) is 5. The molecule has 3 rings (SSSR count). The van der Waals surface area contributed by atoms with Gasteiger partial charge in [-0.25, -0.2) is 13.4 Å². The highest BCUT2D eigenvalue weighted by Crippen LogP contribution is 2.37. The zero-order valence-corrected chi connectivity index (χ0v) is 12.7. The van der Waals surface area contributed by atoms with Crippen LogP contribution in [0.5, 0.6) is 0 Å². The topological polar surface area (TPSA) is 73.6 Å². The summed E-state index contributed by atoms with van der Waals surface area (Å²) in [7, 11) is -3.00. The normalized spacial score (nSPS) is 28.2. The standard InChI is InChI=1S/C12H12ClN3O2S2/c13-9-3-1-8(2-4-9)5-15-16-10-6-20(17,18)7-11(10)19-12(16)14/h1-5,10-11,14H,6-7H2/b14-12?,15-5-/t10-,11-/m1/s1. The Hall–Kier alpha value is -1.05. The maximum atomic E-state index is 11.6. The lowest BCUT2D eigenvalue weighted by Crippen LogP contribution is -2.32. The fourth-order valence-corrected chi connectivity index (χ4v) is 6.14. The van der Waals surface area contributed by atoms with Crippen molar-refractivity contribution in [3.05, 3.63) is 34.9 Å². The van der Waals surface area contributed by atoms with Crippen molar-refractivity contribution in [1.82, 2.24) is 5.01 Å². The lowest BCUT2D eigenvalue weighted by Gasteiger charge is -2.17. The number of nitrogens with one attached hydrogen (secondary N) is 1. The molecule has 20 heavy (non-hydrogen) atoms. The minimum absolute atomic E-state index is 0.0742. The van der Waals surface area contributed by atoms with Crippen molar-refractivity contribution in [2.75, 3.05) is 11.5 Å². The lowest BCUT2D eigenvalue weighted by molar-refractivity contribution is 0.376. The Morgan fingerprint density at radius 1 is 1.35 bits per heavy atom. The SMILES string of the molecule is N=C1S[C@@H]2CS(=O)(=O)C[C@H]2N1/N=C\c1ccc(Cl)cc1. The number of thioether (sulfide) groups is 1. The first-order valence-corrected chi connectivity index (χ1v) is 9.07. The van der Waals surface area contributed by atoms with Crippen molar-refractivity contribution >= 4 is 44.6 Å². The second kappa shape index (κ2) is 5.05. The Labute approximate surface area is 126 Å². The Balaban J connectivity index is 1.79. The van der Waals surface area contributed by atoms with Crippen LogP contribution in [0.2, 0.25) is 5.02 Å². The van der Waals surface area contributed by atoms with Gasteiger partial charge in [0, 0.05) is 10.3 Å². The van der Waals surface area contributed by atoms with Crippen molar-refractivity contribution < 1.29 is 8.42 Å². The van der Waals surface area contributed by atoms with Crippen LogP contribution in [0.4, 0.5) is 0 Å². The van der Waals surface area contributed by atoms with Gasteiger partial charge in [-0.15, -0.1) is 0 Å². The van der Waals surface area contributed by atoms with E-state index in [-0.39, 0.29) is 22.8 Å². The second-order valence-electron chi connectivity index (χ2n) is 4.75. The number of amidine groups is 1. The highest BCUT2D eigenvalue weighted by Gasteiger charge is 2.48. The zero-order valence-electron chi connectivity index (χ0n) is 10.4. The van der Waals surface area contributed by atoms with E-state index >= 15 is 0 Å². The summed E-state index contributed by atoms with van der Waals surface area (Å²) >= 11 is 7.09. The maximum absolute atomic E-state index is 11.6. The average Bonchev–Trinajstić information content (AvgIpc) is 2.80. The third kappa shape index (κ3) is 2.70. The Morgan fingerprint density at radius 3 is 2.75 bits per heavy atom. The molecule has 0 aromatic heterocycles. The fraction of sp³-hybridized carbons (Fsp3) is 0.333. The molecule has 2 heterocycles. The van der Waals surface area contributed by atoms with Gasteiger partial charge < -0.3 is 0 Å². The van der Waals surface area contributed by atoms with Crippen LogP contribution >= 0.6 is 23.4 Å². The van der Waals surface area contributed by atoms with Crippen LogP contribution in [0.25, 0.3) is 0 Å². The third-order valence-corrected chi connectivity index (χ3v) is 6.63. The van der Waals surface area contributed by atoms with E-state index in [1.54, 1.807) is 18.3 Å². The molecule has 5 nitrogen and oxygen atoms in total. The van der Waals surface area contributed by atoms with Crippen molar-refractivity contribution in [2.24, 2.45) is 5.10 Å². The molecule has 0 saturated carbocycles. The van der Waals surface area contributed by atoms with Crippen molar-refractivity contribution in [3.63, 3.8) is 0 Å². The number of halogens is 1. The van der Waals surface area contributed by atoms with Crippen LogP contribution in [0.3, 0.4) is 0 Å². The minimum atomic E-state index is -3.00. The highest BCUT2D eigenvalue weighted by molar-refractivity contribution is 8.15. The van der Waals surface area contributed by atoms with Crippen LogP contribution < -0.4 is 0 Å². The summed E-state index contributed by atoms with van der Waals surface area (Å²) in [5.41, 5.74) is 0.858. The van der Waals surface area contributed by atoms with E-state index in [0.717, 1.165) is 5.56 Å². The van der Waals surface area contributed by atoms with E-state index in [4.69, 9.17) is 17.0 Å². The Morgan fingerprint density at radius 2 is 2.05 bits per heavy atom. The first kappa shape index (κ1) is 13.9. The third-order valence-electron chi connectivity index (χ3n) is 3.26. The van der Waals surface area contributed by atoms with Crippen LogP contribution in [-0.2, 0) is 9.84 Å². The monoisotopic (exact) mass is 329 g/mol. The van der Waals surface area contributed by atoms with Crippen LogP contribution in [-0.4, -0.2) is 47.6 Å². The highest BCUT2D eigenvalue weighted by atomic mass is 35.5. The van der Waals surface area contributed by atoms with Gasteiger partial charge in [-0.1, -0.05) is 35.5 Å². The molecule has 1 aromatic carbocycles. The van der Waals surface area contributed by atoms with Gasteiger partial charge in [0.25, 0.3) is 0 Å². The summed E-state index contributed by atoms with van der Waals surface area (Å²) in [6, 6.07) is 6.94. The molecule has 106 valence electrons. The molecule has 2 aliphatic heterocycles. The predicted molar refractivity (Wildman–Crippen MR) is 82.4 cm³/mol. The molecule has 0 amide bonds. The lowest BCUT2D eigenvalue weighted by atomic mass is 10.2. The van der Waals surface area contributed by atoms with E-state index in [2.05, 4.69) is 5.10 Å². The molecule has 2 saturated heterocycles. The summed E-state index contributed by atoms with van der Waals surface area (Å²) in [6.45, 7) is 0. The van der Waals surface area contributed by atoms with E-state index < -0.39 is 9.84 Å². The first-order chi connectivity index (χ1) is 9.44. The van der Waals surface area contributed by atoms with E-state index in [1.165, 1.54) is 16.8 Å². The largest absolute Gasteiger partial charge is 0.277 e. The predicted octanol–water partition coefficient (Wildman–Crippen LogP) is 1.82. The number of benzene rings is 1. The van der Waals surface area contributed by atoms with E-state index in [1.807, 2.05) is 12.1 Å². The van der Waals surface area contributed by atoms with E-state index in [0.29, 0.717) is 10.2 Å². The number of fused-ring (bicyclic) bond motifs is 1. The molecule has 0 spiro atoms. The van der Waals surface area contributed by atoms with Gasteiger partial charge in [0.05, 0.1) is 23.8 Å². The van der Waals surface area contributed by atoms with E-state index in [9.17, 15) is 8.42 Å². The molecular formula is C12H12ClN3O2S2. The van der Waals surface area contributed by atoms with Gasteiger partial charge >= 0.3 is 0 Å². The van der Waals surface area contributed by atoms with Crippen molar-refractivity contribution in [3.8, 4) is 0 Å². The molecule has 0 radical (unpaired) electrons. The van der Waals surface area contributed by atoms with Gasteiger partial charge in [-0.3, -0.25) is 5.41 Å². The van der Waals surface area contributed by atoms with Crippen LogP contribution in [0.15, 0.2) is 29.4 Å². The van der Waals surface area contributed by atoms with Crippen molar-refractivity contribution in [2.45, 2.75) is 11.3 Å². The molecule has 8 heteroatoms. The molecular weight excluding hydrogens is 318 g/mol. The Kier molecular flexibility index (Phi) is 3.51. The van der Waals surface area contributed by atoms with Gasteiger partial charge in [0.15, 0.2) is 15.0 Å². The first-order valence-electron chi connectivity index (χ1n) is 5.99. The number of hydrazone groups is 1. The summed E-state index contributed by atoms with van der Waals surface area (Å²) in [6.07, 6.45) is 1.62. The van der Waals surface area contributed by atoms with Gasteiger partial charge in [0.2, 0.25) is 0 Å². The molecule has 2 aliphatic rings. The minimum Gasteiger partial charge on any atom is -0.277 e. The average molecular weight is 330 g/mol. The van der Waals surface area contributed by atoms with Crippen LogP contribution in [0.1, 0.15) is 5.56 Å². The number of hydrogen-bond donors (Lipinski definition) is 1. The fourth-order valence-electron chi connectivity index (χ4n) is 2.30. The Bertz CT molecular complexity index is 672. The summed E-state index contributed by atoms with van der Waals surface area (Å²) in [4.78, 5) is 0. The molecule has 1 aromatic rings. The summed E-state index contributed by atoms with van der Waals surface area (Å²) in [5.74, 6) is 0.211. The van der Waals surface area contributed by atoms with Gasteiger partial charge in [-0.2, -0.15) is 5.10 Å². The van der Waals surface area contributed by atoms with Crippen LogP contribution in [0, 0.1) is 5.41 Å². The quantitative estimate of drug-likeness (QED) is 0.840. The number of rotatable bonds is 2. The second-order valence-corrected chi connectivity index (χ2v) is 8.56. The molecule has 1 N–H and O–H groups in total. The summed E-state index contributed by atoms with van der Waals surface area (Å²) in [5, 5.41) is 14.5. The molecule has 0 bridgehead atoms. The maximum Gasteiger partial charge on any atom is 0.177 e. The van der Waals surface area contributed by atoms with Gasteiger partial charge in [0.1, 0.15) is 0 Å².